The van der Waals surface area contributed by atoms with Gasteiger partial charge in [-0.05, 0) is 20.1 Å². The molecule has 1 rings (SSSR count). The van der Waals surface area contributed by atoms with E-state index >= 15 is 0 Å². The Labute approximate surface area is 83.2 Å². The molecule has 0 unspecified atom stereocenters. The number of aromatic nitrogens is 2. The number of nitrogens with two attached hydrogens (primary N) is 1. The summed E-state index contributed by atoms with van der Waals surface area (Å²) in [6, 6.07) is 0. The van der Waals surface area contributed by atoms with Crippen molar-refractivity contribution in [2.45, 2.75) is 25.1 Å². The van der Waals surface area contributed by atoms with Crippen LogP contribution in [0.5, 0.6) is 0 Å². The van der Waals surface area contributed by atoms with Crippen molar-refractivity contribution >= 4 is 11.8 Å². The number of nitrogens with zero attached hydrogens (tertiary/aromatic N) is 2. The Balaban J connectivity index is 2.92. The van der Waals surface area contributed by atoms with E-state index in [1.165, 1.54) is 0 Å². The predicted molar refractivity (Wildman–Crippen MR) is 56.5 cm³/mol. The van der Waals surface area contributed by atoms with Gasteiger partial charge < -0.3 is 5.73 Å². The van der Waals surface area contributed by atoms with Gasteiger partial charge in [0, 0.05) is 24.5 Å². The SMILES string of the molecule is CSC(C)(C)c1ncc(CN)cn1. The van der Waals surface area contributed by atoms with Crippen LogP contribution in [0.3, 0.4) is 0 Å². The van der Waals surface area contributed by atoms with Crippen LogP contribution in [0.15, 0.2) is 12.4 Å². The third kappa shape index (κ3) is 2.42. The van der Waals surface area contributed by atoms with Crippen molar-refractivity contribution in [2.24, 2.45) is 5.73 Å². The topological polar surface area (TPSA) is 51.8 Å². The maximum Gasteiger partial charge on any atom is 0.143 e. The maximum atomic E-state index is 5.46. The van der Waals surface area contributed by atoms with Crippen LogP contribution in [-0.2, 0) is 11.3 Å². The molecule has 0 aliphatic rings. The first kappa shape index (κ1) is 10.5. The highest BCUT2D eigenvalue weighted by molar-refractivity contribution is 7.99. The summed E-state index contributed by atoms with van der Waals surface area (Å²) in [5.41, 5.74) is 6.43. The van der Waals surface area contributed by atoms with Crippen LogP contribution in [0.25, 0.3) is 0 Å². The van der Waals surface area contributed by atoms with Gasteiger partial charge in [-0.15, -0.1) is 0 Å². The van der Waals surface area contributed by atoms with Crippen molar-refractivity contribution in [2.75, 3.05) is 6.26 Å². The van der Waals surface area contributed by atoms with Gasteiger partial charge >= 0.3 is 0 Å². The highest BCUT2D eigenvalue weighted by atomic mass is 32.2. The highest BCUT2D eigenvalue weighted by Gasteiger charge is 2.21. The Morgan fingerprint density at radius 1 is 1.38 bits per heavy atom. The second-order valence-electron chi connectivity index (χ2n) is 3.33. The van der Waals surface area contributed by atoms with E-state index in [9.17, 15) is 0 Å². The first-order chi connectivity index (χ1) is 6.10. The molecule has 0 spiro atoms. The summed E-state index contributed by atoms with van der Waals surface area (Å²) in [6.45, 7) is 4.71. The van der Waals surface area contributed by atoms with E-state index in [0.29, 0.717) is 6.54 Å². The average Bonchev–Trinajstić information content (AvgIpc) is 2.18. The fraction of sp³-hybridized carbons (Fsp3) is 0.556. The molecule has 2 N–H and O–H groups in total. The molecule has 0 bridgehead atoms. The lowest BCUT2D eigenvalue weighted by Gasteiger charge is -2.19. The van der Waals surface area contributed by atoms with Gasteiger partial charge in [0.05, 0.1) is 4.75 Å². The molecule has 3 nitrogen and oxygen atoms in total. The van der Waals surface area contributed by atoms with E-state index in [1.54, 1.807) is 24.2 Å². The number of thioether (sulfide) groups is 1. The van der Waals surface area contributed by atoms with Crippen molar-refractivity contribution in [1.29, 1.82) is 0 Å². The molecular weight excluding hydrogens is 182 g/mol. The first-order valence-electron chi connectivity index (χ1n) is 4.17. The maximum absolute atomic E-state index is 5.46. The Kier molecular flexibility index (Phi) is 3.27. The van der Waals surface area contributed by atoms with Gasteiger partial charge in [0.2, 0.25) is 0 Å². The quantitative estimate of drug-likeness (QED) is 0.798. The van der Waals surface area contributed by atoms with Gasteiger partial charge in [0.15, 0.2) is 0 Å². The molecule has 0 aliphatic heterocycles. The highest BCUT2D eigenvalue weighted by Crippen LogP contribution is 2.30. The molecule has 1 heterocycles. The van der Waals surface area contributed by atoms with E-state index in [4.69, 9.17) is 5.73 Å². The van der Waals surface area contributed by atoms with Gasteiger partial charge in [-0.2, -0.15) is 11.8 Å². The summed E-state index contributed by atoms with van der Waals surface area (Å²) in [7, 11) is 0. The standard InChI is InChI=1S/C9H15N3S/c1-9(2,13-3)8-11-5-7(4-10)6-12-8/h5-6H,4,10H2,1-3H3. The predicted octanol–water partition coefficient (Wildman–Crippen LogP) is 1.53. The largest absolute Gasteiger partial charge is 0.326 e. The third-order valence-corrected chi connectivity index (χ3v) is 3.19. The molecule has 0 saturated heterocycles. The Morgan fingerprint density at radius 2 is 1.92 bits per heavy atom. The monoisotopic (exact) mass is 197 g/mol. The zero-order valence-corrected chi connectivity index (χ0v) is 9.06. The van der Waals surface area contributed by atoms with Gasteiger partial charge in [-0.3, -0.25) is 0 Å². The van der Waals surface area contributed by atoms with Crippen LogP contribution >= 0.6 is 11.8 Å². The van der Waals surface area contributed by atoms with Crippen molar-refractivity contribution in [1.82, 2.24) is 9.97 Å². The molecule has 1 aromatic heterocycles. The number of hydrogen-bond donors (Lipinski definition) is 1. The second kappa shape index (κ2) is 4.07. The molecule has 0 saturated carbocycles. The van der Waals surface area contributed by atoms with Crippen molar-refractivity contribution < 1.29 is 0 Å². The third-order valence-electron chi connectivity index (χ3n) is 1.99. The molecule has 0 radical (unpaired) electrons. The molecular formula is C9H15N3S. The summed E-state index contributed by atoms with van der Waals surface area (Å²) in [5, 5.41) is 0. The fourth-order valence-corrected chi connectivity index (χ4v) is 1.15. The van der Waals surface area contributed by atoms with E-state index < -0.39 is 0 Å². The summed E-state index contributed by atoms with van der Waals surface area (Å²) in [5.74, 6) is 0.859. The van der Waals surface area contributed by atoms with E-state index in [1.807, 2.05) is 0 Å². The van der Waals surface area contributed by atoms with Crippen LogP contribution in [0.1, 0.15) is 25.2 Å². The van der Waals surface area contributed by atoms with Crippen LogP contribution in [-0.4, -0.2) is 16.2 Å². The minimum Gasteiger partial charge on any atom is -0.326 e. The molecule has 0 fully saturated rings. The second-order valence-corrected chi connectivity index (χ2v) is 4.76. The van der Waals surface area contributed by atoms with E-state index in [2.05, 4.69) is 30.1 Å². The summed E-state index contributed by atoms with van der Waals surface area (Å²) in [6.07, 6.45) is 5.64. The van der Waals surface area contributed by atoms with Crippen LogP contribution in [0.4, 0.5) is 0 Å². The Bertz CT molecular complexity index is 269. The van der Waals surface area contributed by atoms with Crippen molar-refractivity contribution in [3.05, 3.63) is 23.8 Å². The molecule has 0 atom stereocenters. The normalized spacial score (nSPS) is 11.7. The van der Waals surface area contributed by atoms with Gasteiger partial charge in [0.1, 0.15) is 5.82 Å². The van der Waals surface area contributed by atoms with Gasteiger partial charge in [-0.25, -0.2) is 9.97 Å². The smallest absolute Gasteiger partial charge is 0.143 e. The minimum atomic E-state index is -0.0207. The number of hydrogen-bond acceptors (Lipinski definition) is 4. The van der Waals surface area contributed by atoms with Crippen LogP contribution < -0.4 is 5.73 Å². The zero-order valence-electron chi connectivity index (χ0n) is 8.24. The Hall–Kier alpha value is -0.610. The molecule has 13 heavy (non-hydrogen) atoms. The van der Waals surface area contributed by atoms with Gasteiger partial charge in [0.25, 0.3) is 0 Å². The summed E-state index contributed by atoms with van der Waals surface area (Å²) >= 11 is 1.74. The zero-order chi connectivity index (χ0) is 9.90. The molecule has 72 valence electrons. The Morgan fingerprint density at radius 3 is 2.31 bits per heavy atom. The minimum absolute atomic E-state index is 0.0207. The molecule has 0 amide bonds. The molecule has 4 heteroatoms. The lowest BCUT2D eigenvalue weighted by atomic mass is 10.2. The first-order valence-corrected chi connectivity index (χ1v) is 5.39. The number of rotatable bonds is 3. The van der Waals surface area contributed by atoms with Gasteiger partial charge in [-0.1, -0.05) is 0 Å². The fourth-order valence-electron chi connectivity index (χ4n) is 0.862. The lowest BCUT2D eigenvalue weighted by Crippen LogP contribution is -2.16. The lowest BCUT2D eigenvalue weighted by molar-refractivity contribution is 0.705. The van der Waals surface area contributed by atoms with E-state index in [0.717, 1.165) is 11.4 Å². The molecule has 1 aromatic rings. The van der Waals surface area contributed by atoms with Crippen LogP contribution in [0.2, 0.25) is 0 Å². The molecule has 0 aromatic carbocycles. The summed E-state index contributed by atoms with van der Waals surface area (Å²) in [4.78, 5) is 8.56. The summed E-state index contributed by atoms with van der Waals surface area (Å²) < 4.78 is -0.0207. The molecule has 0 aliphatic carbocycles. The average molecular weight is 197 g/mol. The van der Waals surface area contributed by atoms with E-state index in [-0.39, 0.29) is 4.75 Å². The van der Waals surface area contributed by atoms with Crippen molar-refractivity contribution in [3.63, 3.8) is 0 Å². The van der Waals surface area contributed by atoms with Crippen LogP contribution in [0, 0.1) is 0 Å². The van der Waals surface area contributed by atoms with Crippen molar-refractivity contribution in [3.8, 4) is 0 Å².